The van der Waals surface area contributed by atoms with Crippen LogP contribution in [0.25, 0.3) is 11.1 Å². The van der Waals surface area contributed by atoms with Crippen molar-refractivity contribution in [2.45, 2.75) is 78.2 Å². The number of pyridine rings is 1. The van der Waals surface area contributed by atoms with Gasteiger partial charge in [-0.15, -0.1) is 0 Å². The Bertz CT molecular complexity index is 1560. The van der Waals surface area contributed by atoms with Crippen LogP contribution in [0.2, 0.25) is 0 Å². The Labute approximate surface area is 240 Å². The van der Waals surface area contributed by atoms with Gasteiger partial charge in [0.2, 0.25) is 0 Å². The average molecular weight is 558 g/mol. The molecule has 0 spiro atoms. The minimum atomic E-state index is -0.826. The van der Waals surface area contributed by atoms with Crippen LogP contribution in [0.3, 0.4) is 0 Å². The lowest BCUT2D eigenvalue weighted by atomic mass is 9.81. The molecule has 1 N–H and O–H groups in total. The van der Waals surface area contributed by atoms with Crippen molar-refractivity contribution in [1.29, 1.82) is 0 Å². The second-order valence-corrected chi connectivity index (χ2v) is 12.2. The van der Waals surface area contributed by atoms with E-state index in [9.17, 15) is 9.59 Å². The van der Waals surface area contributed by atoms with Crippen LogP contribution in [0, 0.1) is 26.7 Å². The molecular weight excluding hydrogens is 518 g/mol. The number of nitrogens with one attached hydrogen (secondary N) is 1. The number of aromatic amines is 1. The van der Waals surface area contributed by atoms with E-state index in [-0.39, 0.29) is 23.9 Å². The molecule has 3 aromatic rings. The number of hydrogen-bond acceptors (Lipinski definition) is 7. The third-order valence-corrected chi connectivity index (χ3v) is 9.36. The van der Waals surface area contributed by atoms with E-state index >= 15 is 0 Å². The molecule has 1 aromatic carbocycles. The van der Waals surface area contributed by atoms with Gasteiger partial charge in [0.05, 0.1) is 12.1 Å². The first-order chi connectivity index (χ1) is 19.6. The number of benzene rings is 1. The van der Waals surface area contributed by atoms with E-state index in [0.717, 1.165) is 59.2 Å². The Hall–Kier alpha value is -3.72. The van der Waals surface area contributed by atoms with Crippen LogP contribution >= 0.6 is 0 Å². The quantitative estimate of drug-likeness (QED) is 0.491. The van der Waals surface area contributed by atoms with E-state index in [0.29, 0.717) is 41.6 Å². The highest BCUT2D eigenvalue weighted by atomic mass is 16.7. The fraction of sp³-hybridized carbons (Fsp3) is 0.500. The Kier molecular flexibility index (Phi) is 6.88. The summed E-state index contributed by atoms with van der Waals surface area (Å²) >= 11 is 0. The van der Waals surface area contributed by atoms with Gasteiger partial charge in [-0.1, -0.05) is 0 Å². The third kappa shape index (κ3) is 4.70. The molecule has 0 saturated heterocycles. The molecule has 2 aromatic heterocycles. The largest absolute Gasteiger partial charge is 0.448 e. The summed E-state index contributed by atoms with van der Waals surface area (Å²) in [5.74, 6) is 0.603. The van der Waals surface area contributed by atoms with Crippen molar-refractivity contribution in [2.75, 3.05) is 20.6 Å². The summed E-state index contributed by atoms with van der Waals surface area (Å²) in [7, 11) is 4.29. The highest BCUT2D eigenvalue weighted by Gasteiger charge is 2.49. The molecule has 6 rings (SSSR count). The summed E-state index contributed by atoms with van der Waals surface area (Å²) in [4.78, 5) is 42.5. The average Bonchev–Trinajstić information content (AvgIpc) is 3.31. The molecule has 216 valence electrons. The number of carbonyl (C=O) groups excluding carboxylic acids is 1. The van der Waals surface area contributed by atoms with Crippen LogP contribution in [0.5, 0.6) is 11.5 Å². The summed E-state index contributed by atoms with van der Waals surface area (Å²) in [6.07, 6.45) is 9.86. The molecule has 1 aliphatic carbocycles. The monoisotopic (exact) mass is 557 g/mol. The van der Waals surface area contributed by atoms with Gasteiger partial charge >= 0.3 is 0 Å². The van der Waals surface area contributed by atoms with Gasteiger partial charge in [0.15, 0.2) is 11.5 Å². The normalized spacial score (nSPS) is 23.7. The number of nitrogens with zero attached hydrogens (tertiary/aromatic N) is 4. The number of carbonyl (C=O) groups is 1. The van der Waals surface area contributed by atoms with E-state index < -0.39 is 5.79 Å². The molecule has 3 aliphatic rings. The summed E-state index contributed by atoms with van der Waals surface area (Å²) in [6.45, 7) is 8.52. The standard InChI is InChI=1S/C32H39N5O4/c1-18-13-19(2)35-30(38)25(18)16-37-12-11-24-26(31(37)39)20(3)28-29(27(24)21-14-33-17-34-15-21)41-32(4,40-28)22-7-9-23(10-8-22)36(5)6/h13-15,17,22-23H,7-12,16H2,1-6H3,(H,35,38)/t22?,23?,32-/m1/s1. The van der Waals surface area contributed by atoms with Gasteiger partial charge in [-0.25, -0.2) is 9.97 Å². The maximum absolute atomic E-state index is 14.2. The van der Waals surface area contributed by atoms with Crippen LogP contribution < -0.4 is 15.0 Å². The smallest absolute Gasteiger partial charge is 0.254 e. The Morgan fingerprint density at radius 1 is 1.02 bits per heavy atom. The van der Waals surface area contributed by atoms with Crippen molar-refractivity contribution in [1.82, 2.24) is 24.8 Å². The zero-order valence-corrected chi connectivity index (χ0v) is 24.8. The molecule has 41 heavy (non-hydrogen) atoms. The van der Waals surface area contributed by atoms with Crippen LogP contribution in [0.15, 0.2) is 29.6 Å². The first kappa shape index (κ1) is 27.4. The molecule has 0 unspecified atom stereocenters. The summed E-state index contributed by atoms with van der Waals surface area (Å²) in [5, 5.41) is 0. The molecule has 2 aliphatic heterocycles. The molecule has 1 amide bonds. The molecule has 9 nitrogen and oxygen atoms in total. The maximum Gasteiger partial charge on any atom is 0.254 e. The fourth-order valence-electron chi connectivity index (χ4n) is 7.01. The van der Waals surface area contributed by atoms with Gasteiger partial charge in [-0.3, -0.25) is 9.59 Å². The minimum Gasteiger partial charge on any atom is -0.448 e. The lowest BCUT2D eigenvalue weighted by Gasteiger charge is -2.39. The SMILES string of the molecule is Cc1cc(C)c(CN2CCc3c(c(C)c4c(c3-c3cncnc3)O[C@](C)(C3CCC(N(C)C)CC3)O4)C2=O)c(=O)[nH]1. The number of fused-ring (bicyclic) bond motifs is 2. The molecule has 0 radical (unpaired) electrons. The molecule has 4 heterocycles. The number of aromatic nitrogens is 3. The first-order valence-corrected chi connectivity index (χ1v) is 14.5. The van der Waals surface area contributed by atoms with Gasteiger partial charge in [-0.2, -0.15) is 0 Å². The first-order valence-electron chi connectivity index (χ1n) is 14.5. The number of H-pyrrole nitrogens is 1. The number of aryl methyl sites for hydroxylation is 2. The van der Waals surface area contributed by atoms with Crippen LogP contribution in [-0.4, -0.2) is 63.1 Å². The van der Waals surface area contributed by atoms with Crippen LogP contribution in [-0.2, 0) is 13.0 Å². The van der Waals surface area contributed by atoms with E-state index in [1.165, 1.54) is 6.33 Å². The van der Waals surface area contributed by atoms with Crippen molar-refractivity contribution in [2.24, 2.45) is 5.92 Å². The highest BCUT2D eigenvalue weighted by Crippen LogP contribution is 2.55. The van der Waals surface area contributed by atoms with Crippen molar-refractivity contribution >= 4 is 5.91 Å². The lowest BCUT2D eigenvalue weighted by Crippen LogP contribution is -2.46. The summed E-state index contributed by atoms with van der Waals surface area (Å²) < 4.78 is 13.5. The Morgan fingerprint density at radius 3 is 2.37 bits per heavy atom. The Balaban J connectivity index is 1.40. The van der Waals surface area contributed by atoms with Gasteiger partial charge in [0, 0.05) is 65.8 Å². The van der Waals surface area contributed by atoms with Gasteiger partial charge in [-0.05, 0) is 84.2 Å². The lowest BCUT2D eigenvalue weighted by molar-refractivity contribution is -0.123. The topological polar surface area (TPSA) is 101 Å². The van der Waals surface area contributed by atoms with Gasteiger partial charge < -0.3 is 24.3 Å². The molecule has 9 heteroatoms. The molecule has 1 fully saturated rings. The van der Waals surface area contributed by atoms with Crippen molar-refractivity contribution in [3.8, 4) is 22.6 Å². The number of amides is 1. The van der Waals surface area contributed by atoms with E-state index in [4.69, 9.17) is 9.47 Å². The van der Waals surface area contributed by atoms with Crippen molar-refractivity contribution < 1.29 is 14.3 Å². The zero-order chi connectivity index (χ0) is 29.1. The van der Waals surface area contributed by atoms with Crippen molar-refractivity contribution in [3.05, 3.63) is 68.7 Å². The molecule has 1 atom stereocenters. The second kappa shape index (κ2) is 10.3. The maximum atomic E-state index is 14.2. The number of hydrogen-bond donors (Lipinski definition) is 1. The fourth-order valence-corrected chi connectivity index (χ4v) is 7.01. The van der Waals surface area contributed by atoms with Gasteiger partial charge in [0.1, 0.15) is 6.33 Å². The zero-order valence-electron chi connectivity index (χ0n) is 24.8. The molecule has 1 saturated carbocycles. The molecular formula is C32H39N5O4. The highest BCUT2D eigenvalue weighted by molar-refractivity contribution is 6.02. The summed E-state index contributed by atoms with van der Waals surface area (Å²) in [6, 6.07) is 2.51. The predicted molar refractivity (Wildman–Crippen MR) is 156 cm³/mol. The third-order valence-electron chi connectivity index (χ3n) is 9.36. The van der Waals surface area contributed by atoms with Gasteiger partial charge in [0.25, 0.3) is 17.3 Å². The van der Waals surface area contributed by atoms with Crippen LogP contribution in [0.1, 0.15) is 70.9 Å². The molecule has 0 bridgehead atoms. The Morgan fingerprint density at radius 2 is 1.71 bits per heavy atom. The predicted octanol–water partition coefficient (Wildman–Crippen LogP) is 4.56. The number of ether oxygens (including phenoxy) is 2. The minimum absolute atomic E-state index is 0.104. The van der Waals surface area contributed by atoms with E-state index in [1.54, 1.807) is 17.3 Å². The van der Waals surface area contributed by atoms with Crippen molar-refractivity contribution in [3.63, 3.8) is 0 Å². The summed E-state index contributed by atoms with van der Waals surface area (Å²) in [5.41, 5.74) is 6.13. The van der Waals surface area contributed by atoms with E-state index in [2.05, 4.69) is 33.9 Å². The van der Waals surface area contributed by atoms with E-state index in [1.807, 2.05) is 33.8 Å². The van der Waals surface area contributed by atoms with Crippen LogP contribution in [0.4, 0.5) is 0 Å². The number of rotatable bonds is 5. The second-order valence-electron chi connectivity index (χ2n) is 12.2.